The van der Waals surface area contributed by atoms with Crippen LogP contribution >= 0.6 is 0 Å². The summed E-state index contributed by atoms with van der Waals surface area (Å²) in [5.74, 6) is 1.49. The average molecular weight is 308 g/mol. The second-order valence-corrected chi connectivity index (χ2v) is 5.55. The number of hydrogen-bond donors (Lipinski definition) is 1. The fraction of sp³-hybridized carbons (Fsp3) is 0.588. The molecule has 124 valence electrons. The lowest BCUT2D eigenvalue weighted by atomic mass is 10.1. The van der Waals surface area contributed by atoms with Crippen LogP contribution in [0.15, 0.2) is 18.2 Å². The van der Waals surface area contributed by atoms with E-state index in [1.165, 1.54) is 0 Å². The second-order valence-electron chi connectivity index (χ2n) is 5.55. The van der Waals surface area contributed by atoms with E-state index in [0.717, 1.165) is 23.6 Å². The molecule has 0 radical (unpaired) electrons. The van der Waals surface area contributed by atoms with E-state index in [0.29, 0.717) is 12.6 Å². The highest BCUT2D eigenvalue weighted by Crippen LogP contribution is 2.29. The zero-order valence-corrected chi connectivity index (χ0v) is 14.5. The number of nitrogens with one attached hydrogen (secondary N) is 1. The molecule has 0 aliphatic carbocycles. The van der Waals surface area contributed by atoms with Gasteiger partial charge in [-0.1, -0.05) is 6.92 Å². The van der Waals surface area contributed by atoms with Crippen LogP contribution in [0.25, 0.3) is 0 Å². The van der Waals surface area contributed by atoms with E-state index in [2.05, 4.69) is 31.0 Å². The first-order valence-corrected chi connectivity index (χ1v) is 7.68. The van der Waals surface area contributed by atoms with Crippen molar-refractivity contribution in [2.75, 3.05) is 27.3 Å². The number of methoxy groups -OCH3 is 2. The molecule has 0 aliphatic rings. The minimum Gasteiger partial charge on any atom is -0.497 e. The Bertz CT molecular complexity index is 489. The first-order valence-electron chi connectivity index (χ1n) is 7.68. The van der Waals surface area contributed by atoms with Gasteiger partial charge in [0.2, 0.25) is 5.91 Å². The number of hydrogen-bond acceptors (Lipinski definition) is 4. The molecule has 5 nitrogen and oxygen atoms in total. The van der Waals surface area contributed by atoms with Crippen LogP contribution in [0.5, 0.6) is 11.5 Å². The molecule has 1 aromatic carbocycles. The maximum Gasteiger partial charge on any atom is 0.234 e. The quantitative estimate of drug-likeness (QED) is 0.802. The lowest BCUT2D eigenvalue weighted by molar-refractivity contribution is -0.123. The van der Waals surface area contributed by atoms with Crippen LogP contribution in [-0.4, -0.2) is 44.2 Å². The van der Waals surface area contributed by atoms with E-state index >= 15 is 0 Å². The smallest absolute Gasteiger partial charge is 0.234 e. The van der Waals surface area contributed by atoms with E-state index in [-0.39, 0.29) is 11.9 Å². The molecule has 0 saturated heterocycles. The SMILES string of the molecule is CCN(CC(=O)NC(C)c1cc(OC)ccc1OC)C(C)C. The Morgan fingerprint density at radius 2 is 1.91 bits per heavy atom. The molecule has 1 N–H and O–H groups in total. The maximum absolute atomic E-state index is 12.2. The van der Waals surface area contributed by atoms with Crippen LogP contribution in [0.4, 0.5) is 0 Å². The topological polar surface area (TPSA) is 50.8 Å². The van der Waals surface area contributed by atoms with Crippen LogP contribution in [-0.2, 0) is 4.79 Å². The van der Waals surface area contributed by atoms with Gasteiger partial charge >= 0.3 is 0 Å². The molecule has 0 saturated carbocycles. The number of benzene rings is 1. The van der Waals surface area contributed by atoms with Gasteiger partial charge in [0, 0.05) is 11.6 Å². The zero-order valence-electron chi connectivity index (χ0n) is 14.5. The summed E-state index contributed by atoms with van der Waals surface area (Å²) < 4.78 is 10.6. The molecule has 1 rings (SSSR count). The molecule has 0 spiro atoms. The van der Waals surface area contributed by atoms with Crippen molar-refractivity contribution < 1.29 is 14.3 Å². The molecule has 22 heavy (non-hydrogen) atoms. The number of carbonyl (C=O) groups excluding carboxylic acids is 1. The first kappa shape index (κ1) is 18.3. The summed E-state index contributed by atoms with van der Waals surface area (Å²) >= 11 is 0. The van der Waals surface area contributed by atoms with Gasteiger partial charge in [0.1, 0.15) is 11.5 Å². The molecular formula is C17H28N2O3. The van der Waals surface area contributed by atoms with Crippen molar-refractivity contribution in [3.05, 3.63) is 23.8 Å². The predicted molar refractivity (Wildman–Crippen MR) is 88.5 cm³/mol. The van der Waals surface area contributed by atoms with Crippen LogP contribution in [0.1, 0.15) is 39.3 Å². The minimum atomic E-state index is -0.150. The number of nitrogens with zero attached hydrogens (tertiary/aromatic N) is 1. The van der Waals surface area contributed by atoms with Crippen LogP contribution < -0.4 is 14.8 Å². The molecule has 0 fully saturated rings. The van der Waals surface area contributed by atoms with Crippen LogP contribution in [0, 0.1) is 0 Å². The predicted octanol–water partition coefficient (Wildman–Crippen LogP) is 2.61. The van der Waals surface area contributed by atoms with Gasteiger partial charge in [-0.05, 0) is 45.5 Å². The highest BCUT2D eigenvalue weighted by Gasteiger charge is 2.17. The zero-order chi connectivity index (χ0) is 16.7. The van der Waals surface area contributed by atoms with Gasteiger partial charge in [0.15, 0.2) is 0 Å². The minimum absolute atomic E-state index is 0.00734. The van der Waals surface area contributed by atoms with Crippen molar-refractivity contribution in [1.29, 1.82) is 0 Å². The Morgan fingerprint density at radius 1 is 1.23 bits per heavy atom. The number of likely N-dealkylation sites (N-methyl/N-ethyl adjacent to an activating group) is 1. The standard InChI is InChI=1S/C17H28N2O3/c1-7-19(12(2)3)11-17(20)18-13(4)15-10-14(21-5)8-9-16(15)22-6/h8-10,12-13H,7,11H2,1-6H3,(H,18,20). The van der Waals surface area contributed by atoms with Gasteiger partial charge in [-0.15, -0.1) is 0 Å². The Labute approximate surface area is 133 Å². The molecule has 1 aromatic rings. The molecule has 1 atom stereocenters. The van der Waals surface area contributed by atoms with Gasteiger partial charge in [-0.25, -0.2) is 0 Å². The summed E-state index contributed by atoms with van der Waals surface area (Å²) in [4.78, 5) is 14.3. The molecule has 1 amide bonds. The molecule has 0 bridgehead atoms. The van der Waals surface area contributed by atoms with Crippen molar-refractivity contribution in [2.45, 2.75) is 39.8 Å². The number of amides is 1. The fourth-order valence-corrected chi connectivity index (χ4v) is 2.39. The van der Waals surface area contributed by atoms with Crippen molar-refractivity contribution in [3.8, 4) is 11.5 Å². The van der Waals surface area contributed by atoms with E-state index < -0.39 is 0 Å². The lowest BCUT2D eigenvalue weighted by Crippen LogP contribution is -2.41. The Kier molecular flexibility index (Phi) is 7.18. The van der Waals surface area contributed by atoms with E-state index in [1.54, 1.807) is 14.2 Å². The molecule has 0 heterocycles. The van der Waals surface area contributed by atoms with Crippen molar-refractivity contribution in [3.63, 3.8) is 0 Å². The van der Waals surface area contributed by atoms with Gasteiger partial charge in [-0.2, -0.15) is 0 Å². The van der Waals surface area contributed by atoms with Crippen LogP contribution in [0.2, 0.25) is 0 Å². The summed E-state index contributed by atoms with van der Waals surface area (Å²) in [6.45, 7) is 9.42. The van der Waals surface area contributed by atoms with Crippen molar-refractivity contribution in [1.82, 2.24) is 10.2 Å². The van der Waals surface area contributed by atoms with Crippen molar-refractivity contribution in [2.24, 2.45) is 0 Å². The van der Waals surface area contributed by atoms with E-state index in [9.17, 15) is 4.79 Å². The third-order valence-corrected chi connectivity index (χ3v) is 3.76. The third kappa shape index (κ3) is 4.91. The highest BCUT2D eigenvalue weighted by molar-refractivity contribution is 5.78. The highest BCUT2D eigenvalue weighted by atomic mass is 16.5. The third-order valence-electron chi connectivity index (χ3n) is 3.76. The van der Waals surface area contributed by atoms with Crippen LogP contribution in [0.3, 0.4) is 0 Å². The number of rotatable bonds is 8. The summed E-state index contributed by atoms with van der Waals surface area (Å²) in [5, 5.41) is 3.03. The van der Waals surface area contributed by atoms with E-state index in [4.69, 9.17) is 9.47 Å². The largest absolute Gasteiger partial charge is 0.497 e. The van der Waals surface area contributed by atoms with Gasteiger partial charge in [0.25, 0.3) is 0 Å². The molecule has 0 aliphatic heterocycles. The Balaban J connectivity index is 2.79. The normalized spacial score (nSPS) is 12.4. The van der Waals surface area contributed by atoms with Gasteiger partial charge in [-0.3, -0.25) is 9.69 Å². The summed E-state index contributed by atoms with van der Waals surface area (Å²) in [6.07, 6.45) is 0. The average Bonchev–Trinajstić information content (AvgIpc) is 2.51. The Morgan fingerprint density at radius 3 is 2.41 bits per heavy atom. The lowest BCUT2D eigenvalue weighted by Gasteiger charge is -2.25. The molecule has 5 heteroatoms. The number of carbonyl (C=O) groups is 1. The molecular weight excluding hydrogens is 280 g/mol. The molecule has 1 unspecified atom stereocenters. The number of ether oxygens (including phenoxy) is 2. The summed E-state index contributed by atoms with van der Waals surface area (Å²) in [5.41, 5.74) is 0.905. The van der Waals surface area contributed by atoms with Gasteiger partial charge < -0.3 is 14.8 Å². The Hall–Kier alpha value is -1.75. The van der Waals surface area contributed by atoms with Crippen molar-refractivity contribution >= 4 is 5.91 Å². The molecule has 0 aromatic heterocycles. The first-order chi connectivity index (χ1) is 10.4. The van der Waals surface area contributed by atoms with Gasteiger partial charge in [0.05, 0.1) is 26.8 Å². The maximum atomic E-state index is 12.2. The van der Waals surface area contributed by atoms with E-state index in [1.807, 2.05) is 25.1 Å². The summed E-state index contributed by atoms with van der Waals surface area (Å²) in [6, 6.07) is 5.78. The second kappa shape index (κ2) is 8.63. The summed E-state index contributed by atoms with van der Waals surface area (Å²) in [7, 11) is 3.24. The monoisotopic (exact) mass is 308 g/mol. The fourth-order valence-electron chi connectivity index (χ4n) is 2.39.